The van der Waals surface area contributed by atoms with Crippen LogP contribution in [-0.4, -0.2) is 16.9 Å². The molecule has 7 nitrogen and oxygen atoms in total. The van der Waals surface area contributed by atoms with E-state index in [1.165, 1.54) is 31.0 Å². The zero-order valence-corrected chi connectivity index (χ0v) is 12.0. The molecule has 0 aromatic heterocycles. The van der Waals surface area contributed by atoms with E-state index in [1.54, 1.807) is 0 Å². The number of nitrogens with two attached hydrogens (primary N) is 1. The average Bonchev–Trinajstić information content (AvgIpc) is 3.00. The van der Waals surface area contributed by atoms with Gasteiger partial charge in [-0.2, -0.15) is 0 Å². The lowest BCUT2D eigenvalue weighted by Gasteiger charge is -2.20. The first-order valence-corrected chi connectivity index (χ1v) is 7.09. The molecule has 1 aliphatic carbocycles. The Hall–Kier alpha value is -2.15. The van der Waals surface area contributed by atoms with E-state index in [4.69, 9.17) is 5.84 Å². The Morgan fingerprint density at radius 1 is 1.43 bits per heavy atom. The predicted molar refractivity (Wildman–Crippen MR) is 79.8 cm³/mol. The third-order valence-electron chi connectivity index (χ3n) is 4.08. The number of hydrazine groups is 1. The second-order valence-electron chi connectivity index (χ2n) is 5.44. The summed E-state index contributed by atoms with van der Waals surface area (Å²) in [5.74, 6) is 5.43. The zero-order valence-electron chi connectivity index (χ0n) is 12.0. The highest BCUT2D eigenvalue weighted by Crippen LogP contribution is 2.28. The Morgan fingerprint density at radius 2 is 2.10 bits per heavy atom. The Labute approximate surface area is 123 Å². The molecule has 1 saturated carbocycles. The number of amides is 1. The Balaban J connectivity index is 2.11. The largest absolute Gasteiger partial charge is 0.349 e. The number of hydrogen-bond donors (Lipinski definition) is 3. The number of carbonyl (C=O) groups is 1. The monoisotopic (exact) mass is 292 g/mol. The molecule has 0 heterocycles. The van der Waals surface area contributed by atoms with Gasteiger partial charge in [-0.05, 0) is 37.8 Å². The molecule has 1 atom stereocenters. The van der Waals surface area contributed by atoms with Gasteiger partial charge < -0.3 is 10.7 Å². The molecular weight excluding hydrogens is 272 g/mol. The van der Waals surface area contributed by atoms with Gasteiger partial charge in [0.05, 0.1) is 4.92 Å². The molecule has 0 saturated heterocycles. The molecule has 2 rings (SSSR count). The van der Waals surface area contributed by atoms with E-state index in [9.17, 15) is 14.9 Å². The molecular formula is C14H20N4O3. The number of anilines is 1. The van der Waals surface area contributed by atoms with E-state index < -0.39 is 4.92 Å². The van der Waals surface area contributed by atoms with Crippen LogP contribution in [-0.2, 0) is 0 Å². The van der Waals surface area contributed by atoms with Crippen molar-refractivity contribution in [1.29, 1.82) is 0 Å². The van der Waals surface area contributed by atoms with Crippen molar-refractivity contribution in [3.63, 3.8) is 0 Å². The van der Waals surface area contributed by atoms with Gasteiger partial charge in [0, 0.05) is 17.7 Å². The highest BCUT2D eigenvalue weighted by Gasteiger charge is 2.24. The topological polar surface area (TPSA) is 110 Å². The fourth-order valence-corrected chi connectivity index (χ4v) is 2.81. The number of nitro groups is 1. The summed E-state index contributed by atoms with van der Waals surface area (Å²) in [4.78, 5) is 22.6. The lowest BCUT2D eigenvalue weighted by Crippen LogP contribution is -2.37. The number of nitrogens with one attached hydrogen (secondary N) is 2. The van der Waals surface area contributed by atoms with Crippen molar-refractivity contribution in [3.05, 3.63) is 33.9 Å². The number of nitrogens with zero attached hydrogens (tertiary/aromatic N) is 1. The molecule has 1 aromatic carbocycles. The summed E-state index contributed by atoms with van der Waals surface area (Å²) < 4.78 is 0. The second kappa shape index (κ2) is 6.53. The molecule has 4 N–H and O–H groups in total. The highest BCUT2D eigenvalue weighted by molar-refractivity contribution is 5.95. The minimum atomic E-state index is -0.563. The van der Waals surface area contributed by atoms with E-state index in [0.717, 1.165) is 12.8 Å². The quantitative estimate of drug-likeness (QED) is 0.437. The third-order valence-corrected chi connectivity index (χ3v) is 4.08. The van der Waals surface area contributed by atoms with Crippen LogP contribution in [0.4, 0.5) is 11.4 Å². The van der Waals surface area contributed by atoms with Crippen LogP contribution >= 0.6 is 0 Å². The first-order chi connectivity index (χ1) is 10.0. The standard InChI is InChI=1S/C14H20N4O3/c1-9(10-4-2-3-5-10)16-14(19)11-6-7-12(17-15)13(8-11)18(20)21/h6-10,17H,2-5,15H2,1H3,(H,16,19). The third kappa shape index (κ3) is 3.49. The summed E-state index contributed by atoms with van der Waals surface area (Å²) in [6.07, 6.45) is 4.65. The molecule has 0 aliphatic heterocycles. The van der Waals surface area contributed by atoms with Gasteiger partial charge in [-0.15, -0.1) is 0 Å². The van der Waals surface area contributed by atoms with Gasteiger partial charge in [0.25, 0.3) is 11.6 Å². The fraction of sp³-hybridized carbons (Fsp3) is 0.500. The van der Waals surface area contributed by atoms with Gasteiger partial charge in [0.2, 0.25) is 0 Å². The van der Waals surface area contributed by atoms with Crippen LogP contribution in [0.1, 0.15) is 43.0 Å². The summed E-state index contributed by atoms with van der Waals surface area (Å²) in [5.41, 5.74) is 2.50. The molecule has 1 amide bonds. The van der Waals surface area contributed by atoms with Gasteiger partial charge in [-0.3, -0.25) is 20.8 Å². The average molecular weight is 292 g/mol. The lowest BCUT2D eigenvalue weighted by atomic mass is 9.99. The van der Waals surface area contributed by atoms with Crippen molar-refractivity contribution in [2.24, 2.45) is 11.8 Å². The van der Waals surface area contributed by atoms with E-state index in [1.807, 2.05) is 6.92 Å². The van der Waals surface area contributed by atoms with Crippen LogP contribution in [0.3, 0.4) is 0 Å². The fourth-order valence-electron chi connectivity index (χ4n) is 2.81. The van der Waals surface area contributed by atoms with Gasteiger partial charge in [-0.1, -0.05) is 12.8 Å². The Morgan fingerprint density at radius 3 is 2.67 bits per heavy atom. The van der Waals surface area contributed by atoms with Crippen LogP contribution in [0, 0.1) is 16.0 Å². The molecule has 1 aliphatic rings. The normalized spacial score (nSPS) is 16.5. The van der Waals surface area contributed by atoms with Crippen molar-refractivity contribution in [2.75, 3.05) is 5.43 Å². The maximum atomic E-state index is 12.2. The summed E-state index contributed by atoms with van der Waals surface area (Å²) in [6, 6.07) is 4.28. The maximum Gasteiger partial charge on any atom is 0.294 e. The summed E-state index contributed by atoms with van der Waals surface area (Å²) in [5, 5.41) is 13.9. The van der Waals surface area contributed by atoms with Gasteiger partial charge in [0.1, 0.15) is 5.69 Å². The first-order valence-electron chi connectivity index (χ1n) is 7.09. The predicted octanol–water partition coefficient (Wildman–Crippen LogP) is 2.19. The molecule has 1 unspecified atom stereocenters. The Kier molecular flexibility index (Phi) is 4.74. The van der Waals surface area contributed by atoms with Crippen molar-refractivity contribution < 1.29 is 9.72 Å². The second-order valence-corrected chi connectivity index (χ2v) is 5.44. The number of rotatable bonds is 5. The molecule has 0 bridgehead atoms. The van der Waals surface area contributed by atoms with Crippen LogP contribution < -0.4 is 16.6 Å². The molecule has 0 radical (unpaired) electrons. The van der Waals surface area contributed by atoms with Crippen LogP contribution in [0.2, 0.25) is 0 Å². The SMILES string of the molecule is CC(NC(=O)c1ccc(NN)c([N+](=O)[O-])c1)C1CCCC1. The van der Waals surface area contributed by atoms with Crippen LogP contribution in [0.15, 0.2) is 18.2 Å². The molecule has 1 aromatic rings. The lowest BCUT2D eigenvalue weighted by molar-refractivity contribution is -0.384. The van der Waals surface area contributed by atoms with Crippen molar-refractivity contribution in [3.8, 4) is 0 Å². The smallest absolute Gasteiger partial charge is 0.294 e. The van der Waals surface area contributed by atoms with Crippen LogP contribution in [0.5, 0.6) is 0 Å². The number of nitro benzene ring substituents is 1. The van der Waals surface area contributed by atoms with Crippen molar-refractivity contribution in [2.45, 2.75) is 38.6 Å². The molecule has 21 heavy (non-hydrogen) atoms. The number of nitrogen functional groups attached to an aromatic ring is 1. The highest BCUT2D eigenvalue weighted by atomic mass is 16.6. The number of carbonyl (C=O) groups excluding carboxylic acids is 1. The van der Waals surface area contributed by atoms with Crippen molar-refractivity contribution >= 4 is 17.3 Å². The van der Waals surface area contributed by atoms with E-state index in [2.05, 4.69) is 10.7 Å². The first kappa shape index (κ1) is 15.2. The minimum Gasteiger partial charge on any atom is -0.349 e. The van der Waals surface area contributed by atoms with E-state index in [-0.39, 0.29) is 28.9 Å². The zero-order chi connectivity index (χ0) is 15.4. The molecule has 1 fully saturated rings. The minimum absolute atomic E-state index is 0.0753. The summed E-state index contributed by atoms with van der Waals surface area (Å²) in [7, 11) is 0. The summed E-state index contributed by atoms with van der Waals surface area (Å²) >= 11 is 0. The number of hydrogen-bond acceptors (Lipinski definition) is 5. The molecule has 0 spiro atoms. The van der Waals surface area contributed by atoms with Crippen LogP contribution in [0.25, 0.3) is 0 Å². The Bertz CT molecular complexity index is 541. The summed E-state index contributed by atoms with van der Waals surface area (Å²) in [6.45, 7) is 1.98. The van der Waals surface area contributed by atoms with Gasteiger partial charge >= 0.3 is 0 Å². The van der Waals surface area contributed by atoms with Gasteiger partial charge in [-0.25, -0.2) is 0 Å². The molecule has 7 heteroatoms. The van der Waals surface area contributed by atoms with Crippen molar-refractivity contribution in [1.82, 2.24) is 5.32 Å². The van der Waals surface area contributed by atoms with E-state index >= 15 is 0 Å². The molecule has 114 valence electrons. The van der Waals surface area contributed by atoms with E-state index in [0.29, 0.717) is 5.92 Å². The van der Waals surface area contributed by atoms with Gasteiger partial charge in [0.15, 0.2) is 0 Å². The maximum absolute atomic E-state index is 12.2. The number of benzene rings is 1.